The summed E-state index contributed by atoms with van der Waals surface area (Å²) in [6.45, 7) is 9.72. The van der Waals surface area contributed by atoms with Crippen molar-refractivity contribution in [2.75, 3.05) is 23.7 Å². The summed E-state index contributed by atoms with van der Waals surface area (Å²) < 4.78 is 0. The van der Waals surface area contributed by atoms with Crippen LogP contribution in [0.4, 0.5) is 11.6 Å². The van der Waals surface area contributed by atoms with Crippen LogP contribution in [0, 0.1) is 20.8 Å². The molecule has 2 rings (SSSR count). The number of nitrogens with one attached hydrogen (secondary N) is 2. The molecule has 0 saturated heterocycles. The third-order valence-corrected chi connectivity index (χ3v) is 3.93. The molecular weight excluding hydrogens is 270 g/mol. The van der Waals surface area contributed by atoms with E-state index in [9.17, 15) is 0 Å². The second kappa shape index (κ2) is 6.65. The van der Waals surface area contributed by atoms with Crippen LogP contribution in [0.2, 0.25) is 0 Å². The van der Waals surface area contributed by atoms with Gasteiger partial charge < -0.3 is 10.6 Å². The van der Waals surface area contributed by atoms with Gasteiger partial charge in [0.15, 0.2) is 0 Å². The number of thiazole rings is 1. The standard InChI is InChI=1S/C14H21N5S/c1-5-15-13-10(3)14(19-11(4)18-13)16-7-6-12-17-9(2)8-20-12/h8H,5-7H2,1-4H3,(H2,15,16,18,19). The fourth-order valence-electron chi connectivity index (χ4n) is 1.95. The number of hydrogen-bond acceptors (Lipinski definition) is 6. The van der Waals surface area contributed by atoms with Crippen LogP contribution in [0.1, 0.15) is 29.0 Å². The minimum Gasteiger partial charge on any atom is -0.370 e. The van der Waals surface area contributed by atoms with E-state index in [1.54, 1.807) is 11.3 Å². The van der Waals surface area contributed by atoms with E-state index in [4.69, 9.17) is 0 Å². The summed E-state index contributed by atoms with van der Waals surface area (Å²) in [5, 5.41) is 9.89. The van der Waals surface area contributed by atoms with Gasteiger partial charge in [0.05, 0.1) is 5.01 Å². The first-order valence-corrected chi connectivity index (χ1v) is 7.72. The van der Waals surface area contributed by atoms with Gasteiger partial charge in [-0.15, -0.1) is 11.3 Å². The molecule has 108 valence electrons. The molecule has 2 aromatic rings. The molecule has 0 aliphatic rings. The smallest absolute Gasteiger partial charge is 0.134 e. The summed E-state index contributed by atoms with van der Waals surface area (Å²) in [5.74, 6) is 2.59. The van der Waals surface area contributed by atoms with E-state index in [-0.39, 0.29) is 0 Å². The maximum absolute atomic E-state index is 4.47. The van der Waals surface area contributed by atoms with Gasteiger partial charge in [-0.25, -0.2) is 15.0 Å². The Balaban J connectivity index is 2.01. The van der Waals surface area contributed by atoms with E-state index in [2.05, 4.69) is 37.9 Å². The fourth-order valence-corrected chi connectivity index (χ4v) is 2.72. The molecule has 2 N–H and O–H groups in total. The minimum absolute atomic E-state index is 0.777. The normalized spacial score (nSPS) is 10.6. The van der Waals surface area contributed by atoms with Gasteiger partial charge in [0.25, 0.3) is 0 Å². The summed E-state index contributed by atoms with van der Waals surface area (Å²) in [6.07, 6.45) is 0.914. The first kappa shape index (κ1) is 14.7. The Labute approximate surface area is 123 Å². The molecule has 0 atom stereocenters. The molecule has 0 amide bonds. The average Bonchev–Trinajstić information content (AvgIpc) is 2.81. The van der Waals surface area contributed by atoms with E-state index in [0.717, 1.165) is 53.2 Å². The number of rotatable bonds is 6. The highest BCUT2D eigenvalue weighted by molar-refractivity contribution is 7.09. The van der Waals surface area contributed by atoms with Gasteiger partial charge in [0, 0.05) is 36.1 Å². The van der Waals surface area contributed by atoms with Gasteiger partial charge in [-0.1, -0.05) is 0 Å². The Morgan fingerprint density at radius 1 is 1.05 bits per heavy atom. The highest BCUT2D eigenvalue weighted by Crippen LogP contribution is 2.19. The van der Waals surface area contributed by atoms with Crippen LogP contribution in [0.5, 0.6) is 0 Å². The maximum atomic E-state index is 4.47. The van der Waals surface area contributed by atoms with Crippen LogP contribution < -0.4 is 10.6 Å². The van der Waals surface area contributed by atoms with Crippen molar-refractivity contribution in [2.45, 2.75) is 34.1 Å². The van der Waals surface area contributed by atoms with Crippen molar-refractivity contribution >= 4 is 23.0 Å². The number of hydrogen-bond donors (Lipinski definition) is 2. The zero-order valence-electron chi connectivity index (χ0n) is 12.4. The fraction of sp³-hybridized carbons (Fsp3) is 0.500. The van der Waals surface area contributed by atoms with Crippen LogP contribution in [-0.4, -0.2) is 28.0 Å². The Morgan fingerprint density at radius 2 is 1.75 bits per heavy atom. The monoisotopic (exact) mass is 291 g/mol. The highest BCUT2D eigenvalue weighted by atomic mass is 32.1. The topological polar surface area (TPSA) is 62.7 Å². The van der Waals surface area contributed by atoms with Gasteiger partial charge in [0.1, 0.15) is 17.5 Å². The van der Waals surface area contributed by atoms with Gasteiger partial charge in [0.2, 0.25) is 0 Å². The molecular formula is C14H21N5S. The third-order valence-electron chi connectivity index (χ3n) is 2.90. The lowest BCUT2D eigenvalue weighted by molar-refractivity contribution is 0.952. The molecule has 20 heavy (non-hydrogen) atoms. The zero-order valence-corrected chi connectivity index (χ0v) is 13.3. The second-order valence-electron chi connectivity index (χ2n) is 4.68. The lowest BCUT2D eigenvalue weighted by Gasteiger charge is -2.13. The van der Waals surface area contributed by atoms with Crippen molar-refractivity contribution in [1.29, 1.82) is 0 Å². The molecule has 0 aliphatic heterocycles. The Bertz CT molecular complexity index is 579. The maximum Gasteiger partial charge on any atom is 0.134 e. The van der Waals surface area contributed by atoms with Crippen molar-refractivity contribution in [3.8, 4) is 0 Å². The van der Waals surface area contributed by atoms with Gasteiger partial charge in [-0.05, 0) is 27.7 Å². The molecule has 0 saturated carbocycles. The molecule has 5 nitrogen and oxygen atoms in total. The molecule has 2 heterocycles. The molecule has 0 fully saturated rings. The largest absolute Gasteiger partial charge is 0.370 e. The molecule has 2 aromatic heterocycles. The Morgan fingerprint density at radius 3 is 2.35 bits per heavy atom. The van der Waals surface area contributed by atoms with E-state index in [0.29, 0.717) is 0 Å². The van der Waals surface area contributed by atoms with Crippen molar-refractivity contribution < 1.29 is 0 Å². The third kappa shape index (κ3) is 3.66. The molecule has 0 spiro atoms. The molecule has 6 heteroatoms. The van der Waals surface area contributed by atoms with Crippen molar-refractivity contribution in [3.63, 3.8) is 0 Å². The first-order chi connectivity index (χ1) is 9.60. The number of anilines is 2. The Kier molecular flexibility index (Phi) is 4.89. The quantitative estimate of drug-likeness (QED) is 0.857. The zero-order chi connectivity index (χ0) is 14.5. The first-order valence-electron chi connectivity index (χ1n) is 6.84. The lowest BCUT2D eigenvalue weighted by Crippen LogP contribution is -2.12. The molecule has 0 aliphatic carbocycles. The van der Waals surface area contributed by atoms with Gasteiger partial charge in [-0.2, -0.15) is 0 Å². The summed E-state index contributed by atoms with van der Waals surface area (Å²) in [7, 11) is 0. The number of nitrogens with zero attached hydrogens (tertiary/aromatic N) is 3. The Hall–Kier alpha value is -1.69. The number of aromatic nitrogens is 3. The predicted octanol–water partition coefficient (Wildman–Crippen LogP) is 2.94. The van der Waals surface area contributed by atoms with Crippen LogP contribution >= 0.6 is 11.3 Å². The highest BCUT2D eigenvalue weighted by Gasteiger charge is 2.08. The second-order valence-corrected chi connectivity index (χ2v) is 5.63. The van der Waals surface area contributed by atoms with Gasteiger partial charge in [-0.3, -0.25) is 0 Å². The molecule has 0 unspecified atom stereocenters. The van der Waals surface area contributed by atoms with Gasteiger partial charge >= 0.3 is 0 Å². The average molecular weight is 291 g/mol. The van der Waals surface area contributed by atoms with E-state index in [1.165, 1.54) is 0 Å². The van der Waals surface area contributed by atoms with E-state index in [1.807, 2.05) is 20.8 Å². The van der Waals surface area contributed by atoms with E-state index >= 15 is 0 Å². The molecule has 0 aromatic carbocycles. The summed E-state index contributed by atoms with van der Waals surface area (Å²) >= 11 is 1.71. The molecule has 0 bridgehead atoms. The van der Waals surface area contributed by atoms with E-state index < -0.39 is 0 Å². The van der Waals surface area contributed by atoms with Crippen molar-refractivity contribution in [3.05, 3.63) is 27.5 Å². The predicted molar refractivity (Wildman–Crippen MR) is 84.7 cm³/mol. The van der Waals surface area contributed by atoms with Crippen LogP contribution in [0.3, 0.4) is 0 Å². The van der Waals surface area contributed by atoms with Crippen LogP contribution in [0.15, 0.2) is 5.38 Å². The molecule has 0 radical (unpaired) electrons. The van der Waals surface area contributed by atoms with Crippen molar-refractivity contribution in [1.82, 2.24) is 15.0 Å². The minimum atomic E-state index is 0.777. The number of aryl methyl sites for hydroxylation is 2. The lowest BCUT2D eigenvalue weighted by atomic mass is 10.3. The summed E-state index contributed by atoms with van der Waals surface area (Å²) in [4.78, 5) is 13.4. The van der Waals surface area contributed by atoms with Crippen LogP contribution in [0.25, 0.3) is 0 Å². The summed E-state index contributed by atoms with van der Waals surface area (Å²) in [5.41, 5.74) is 2.15. The van der Waals surface area contributed by atoms with Crippen LogP contribution in [-0.2, 0) is 6.42 Å². The summed E-state index contributed by atoms with van der Waals surface area (Å²) in [6, 6.07) is 0. The SMILES string of the molecule is CCNc1nc(C)nc(NCCc2nc(C)cs2)c1C. The van der Waals surface area contributed by atoms with Crippen molar-refractivity contribution in [2.24, 2.45) is 0 Å².